The van der Waals surface area contributed by atoms with Crippen molar-refractivity contribution in [2.24, 2.45) is 23.7 Å². The van der Waals surface area contributed by atoms with Crippen molar-refractivity contribution in [1.29, 1.82) is 0 Å². The largest absolute Gasteiger partial charge is 0.207 e. The molecule has 0 saturated heterocycles. The maximum Gasteiger partial charge on any atom is 0.126 e. The highest BCUT2D eigenvalue weighted by Crippen LogP contribution is 2.42. The van der Waals surface area contributed by atoms with Crippen molar-refractivity contribution in [3.8, 4) is 0 Å². The van der Waals surface area contributed by atoms with Crippen LogP contribution in [0.3, 0.4) is 0 Å². The summed E-state index contributed by atoms with van der Waals surface area (Å²) in [5.74, 6) is 2.83. The predicted molar refractivity (Wildman–Crippen MR) is 110 cm³/mol. The number of rotatable bonds is 7. The van der Waals surface area contributed by atoms with Crippen LogP contribution in [0.2, 0.25) is 0 Å². The van der Waals surface area contributed by atoms with Gasteiger partial charge in [-0.3, -0.25) is 0 Å². The van der Waals surface area contributed by atoms with E-state index < -0.39 is 11.6 Å². The van der Waals surface area contributed by atoms with E-state index in [1.807, 2.05) is 6.08 Å². The summed E-state index contributed by atoms with van der Waals surface area (Å²) < 4.78 is 26.4. The Bertz CT molecular complexity index is 570. The van der Waals surface area contributed by atoms with E-state index in [0.29, 0.717) is 5.56 Å². The molecule has 1 aromatic rings. The van der Waals surface area contributed by atoms with Crippen molar-refractivity contribution in [2.75, 3.05) is 0 Å². The van der Waals surface area contributed by atoms with Gasteiger partial charge in [-0.15, -0.1) is 0 Å². The summed E-state index contributed by atoms with van der Waals surface area (Å²) in [7, 11) is 0. The van der Waals surface area contributed by atoms with Crippen LogP contribution < -0.4 is 0 Å². The van der Waals surface area contributed by atoms with E-state index in [2.05, 4.69) is 13.0 Å². The van der Waals surface area contributed by atoms with Crippen LogP contribution in [-0.2, 0) is 0 Å². The molecule has 27 heavy (non-hydrogen) atoms. The van der Waals surface area contributed by atoms with Gasteiger partial charge in [-0.2, -0.15) is 0 Å². The Balaban J connectivity index is 1.34. The van der Waals surface area contributed by atoms with Gasteiger partial charge >= 0.3 is 0 Å². The monoisotopic (exact) mass is 374 g/mol. The molecule has 0 nitrogen and oxygen atoms in total. The standard InChI is InChI=1S/C25H36F2/c1-2-5-19-8-12-22(13-9-19)23-14-10-20(11-15-23)6-3-4-7-21-16-24(26)18-25(27)17-21/h4,7,16-20,22-23H,2-3,5-6,8-15H2,1H3/b7-4+. The molecule has 0 heterocycles. The lowest BCUT2D eigenvalue weighted by atomic mass is 9.68. The Kier molecular flexibility index (Phi) is 7.91. The van der Waals surface area contributed by atoms with Gasteiger partial charge in [-0.1, -0.05) is 57.6 Å². The average molecular weight is 375 g/mol. The molecule has 2 aliphatic rings. The smallest absolute Gasteiger partial charge is 0.126 e. The summed E-state index contributed by atoms with van der Waals surface area (Å²) in [4.78, 5) is 0. The molecule has 1 aromatic carbocycles. The molecule has 2 heteroatoms. The Labute approximate surface area is 164 Å². The molecule has 2 fully saturated rings. The van der Waals surface area contributed by atoms with Crippen molar-refractivity contribution in [1.82, 2.24) is 0 Å². The first-order valence-corrected chi connectivity index (χ1v) is 11.3. The third kappa shape index (κ3) is 6.43. The zero-order chi connectivity index (χ0) is 19.1. The quantitative estimate of drug-likeness (QED) is 0.451. The van der Waals surface area contributed by atoms with E-state index in [1.54, 1.807) is 0 Å². The van der Waals surface area contributed by atoms with E-state index in [0.717, 1.165) is 36.2 Å². The molecule has 3 rings (SSSR count). The lowest BCUT2D eigenvalue weighted by Gasteiger charge is -2.38. The summed E-state index contributed by atoms with van der Waals surface area (Å²) in [5, 5.41) is 0. The fraction of sp³-hybridized carbons (Fsp3) is 0.680. The van der Waals surface area contributed by atoms with Gasteiger partial charge in [0.25, 0.3) is 0 Å². The third-order valence-corrected chi connectivity index (χ3v) is 7.08. The molecule has 0 aromatic heterocycles. The normalized spacial score (nSPS) is 29.3. The Morgan fingerprint density at radius 3 is 1.81 bits per heavy atom. The van der Waals surface area contributed by atoms with Crippen molar-refractivity contribution >= 4 is 6.08 Å². The van der Waals surface area contributed by atoms with Crippen LogP contribution in [0.4, 0.5) is 8.78 Å². The molecule has 0 aliphatic heterocycles. The SMILES string of the molecule is CCCC1CCC(C2CCC(CC/C=C/c3cc(F)cc(F)c3)CC2)CC1. The van der Waals surface area contributed by atoms with Crippen LogP contribution in [0.25, 0.3) is 6.08 Å². The molecule has 150 valence electrons. The van der Waals surface area contributed by atoms with Gasteiger partial charge in [0, 0.05) is 6.07 Å². The first kappa shape index (κ1) is 20.6. The van der Waals surface area contributed by atoms with Crippen LogP contribution in [0, 0.1) is 35.3 Å². The maximum atomic E-state index is 13.2. The molecule has 0 spiro atoms. The molecule has 0 bridgehead atoms. The van der Waals surface area contributed by atoms with E-state index in [-0.39, 0.29) is 0 Å². The van der Waals surface area contributed by atoms with E-state index in [9.17, 15) is 8.78 Å². The summed E-state index contributed by atoms with van der Waals surface area (Å²) in [6.45, 7) is 2.32. The second-order valence-electron chi connectivity index (χ2n) is 9.03. The van der Waals surface area contributed by atoms with Crippen molar-refractivity contribution in [2.45, 2.75) is 84.0 Å². The van der Waals surface area contributed by atoms with Gasteiger partial charge in [0.15, 0.2) is 0 Å². The molecule has 0 radical (unpaired) electrons. The van der Waals surface area contributed by atoms with Crippen molar-refractivity contribution in [3.05, 3.63) is 41.5 Å². The van der Waals surface area contributed by atoms with Crippen molar-refractivity contribution in [3.63, 3.8) is 0 Å². The van der Waals surface area contributed by atoms with Crippen LogP contribution in [0.15, 0.2) is 24.3 Å². The summed E-state index contributed by atoms with van der Waals surface area (Å²) in [6.07, 6.45) is 20.5. The van der Waals surface area contributed by atoms with E-state index in [4.69, 9.17) is 0 Å². The predicted octanol–water partition coefficient (Wildman–Crippen LogP) is 8.17. The number of halogens is 2. The minimum Gasteiger partial charge on any atom is -0.207 e. The lowest BCUT2D eigenvalue weighted by molar-refractivity contribution is 0.141. The zero-order valence-corrected chi connectivity index (χ0v) is 16.9. The molecular weight excluding hydrogens is 338 g/mol. The minimum atomic E-state index is -0.503. The molecule has 0 unspecified atom stereocenters. The lowest BCUT2D eigenvalue weighted by Crippen LogP contribution is -2.25. The number of hydrogen-bond donors (Lipinski definition) is 0. The highest BCUT2D eigenvalue weighted by Gasteiger charge is 2.30. The number of allylic oxidation sites excluding steroid dienone is 1. The number of hydrogen-bond acceptors (Lipinski definition) is 0. The summed E-state index contributed by atoms with van der Waals surface area (Å²) >= 11 is 0. The molecule has 0 atom stereocenters. The molecular formula is C25H36F2. The third-order valence-electron chi connectivity index (χ3n) is 7.08. The van der Waals surface area contributed by atoms with Gasteiger partial charge in [0.1, 0.15) is 11.6 Å². The van der Waals surface area contributed by atoms with E-state index >= 15 is 0 Å². The van der Waals surface area contributed by atoms with Crippen LogP contribution >= 0.6 is 0 Å². The second-order valence-corrected chi connectivity index (χ2v) is 9.03. The summed E-state index contributed by atoms with van der Waals surface area (Å²) in [5.41, 5.74) is 0.620. The minimum absolute atomic E-state index is 0.503. The average Bonchev–Trinajstić information content (AvgIpc) is 2.66. The van der Waals surface area contributed by atoms with Gasteiger partial charge in [0.05, 0.1) is 0 Å². The fourth-order valence-electron chi connectivity index (χ4n) is 5.53. The van der Waals surface area contributed by atoms with Gasteiger partial charge in [0.2, 0.25) is 0 Å². The first-order chi connectivity index (χ1) is 13.1. The first-order valence-electron chi connectivity index (χ1n) is 11.3. The maximum absolute atomic E-state index is 13.2. The number of benzene rings is 1. The van der Waals surface area contributed by atoms with Gasteiger partial charge in [-0.25, -0.2) is 8.78 Å². The Morgan fingerprint density at radius 2 is 1.30 bits per heavy atom. The fourth-order valence-corrected chi connectivity index (χ4v) is 5.53. The van der Waals surface area contributed by atoms with Crippen molar-refractivity contribution < 1.29 is 8.78 Å². The highest BCUT2D eigenvalue weighted by atomic mass is 19.1. The Morgan fingerprint density at radius 1 is 0.778 bits per heavy atom. The van der Waals surface area contributed by atoms with Gasteiger partial charge in [-0.05, 0) is 79.9 Å². The summed E-state index contributed by atoms with van der Waals surface area (Å²) in [6, 6.07) is 3.70. The molecule has 2 saturated carbocycles. The Hall–Kier alpha value is -1.18. The van der Waals surface area contributed by atoms with Gasteiger partial charge < -0.3 is 0 Å². The second kappa shape index (κ2) is 10.4. The van der Waals surface area contributed by atoms with Crippen LogP contribution in [-0.4, -0.2) is 0 Å². The van der Waals surface area contributed by atoms with Crippen LogP contribution in [0.1, 0.15) is 89.5 Å². The zero-order valence-electron chi connectivity index (χ0n) is 16.9. The van der Waals surface area contributed by atoms with Crippen LogP contribution in [0.5, 0.6) is 0 Å². The highest BCUT2D eigenvalue weighted by molar-refractivity contribution is 5.49. The van der Waals surface area contributed by atoms with E-state index in [1.165, 1.54) is 82.8 Å². The molecule has 0 amide bonds. The molecule has 0 N–H and O–H groups in total. The topological polar surface area (TPSA) is 0 Å². The molecule has 2 aliphatic carbocycles.